The summed E-state index contributed by atoms with van der Waals surface area (Å²) in [5, 5.41) is 0. The molecule has 10 heteroatoms. The first-order valence-corrected chi connectivity index (χ1v) is 12.3. The Labute approximate surface area is 144 Å². The van der Waals surface area contributed by atoms with Gasteiger partial charge >= 0.3 is 35.6 Å². The van der Waals surface area contributed by atoms with E-state index in [0.29, 0.717) is 0 Å². The van der Waals surface area contributed by atoms with Crippen molar-refractivity contribution in [3.8, 4) is 0 Å². The average molecular weight is 460 g/mol. The molecule has 0 aromatic carbocycles. The summed E-state index contributed by atoms with van der Waals surface area (Å²) in [5.74, 6) is 0. The zero-order chi connectivity index (χ0) is 15.6. The van der Waals surface area contributed by atoms with Gasteiger partial charge in [0.05, 0.1) is 0 Å². The molecule has 19 heavy (non-hydrogen) atoms. The van der Waals surface area contributed by atoms with Gasteiger partial charge in [0.15, 0.2) is 0 Å². The van der Waals surface area contributed by atoms with Crippen molar-refractivity contribution < 1.29 is 64.0 Å². The Kier molecular flexibility index (Phi) is 20.4. The van der Waals surface area contributed by atoms with Crippen molar-refractivity contribution in [2.75, 3.05) is 38.5 Å². The monoisotopic (exact) mass is 460 g/mol. The summed E-state index contributed by atoms with van der Waals surface area (Å²) in [7, 11) is -8.69. The minimum absolute atomic E-state index is 0. The number of hydrogen-bond donors (Lipinski definition) is 0. The summed E-state index contributed by atoms with van der Waals surface area (Å²) in [4.78, 5) is 30.1. The largest absolute Gasteiger partial charge is 3.00 e. The van der Waals surface area contributed by atoms with Gasteiger partial charge in [-0.25, -0.2) is 0 Å². The molecule has 0 bridgehead atoms. The van der Waals surface area contributed by atoms with Crippen LogP contribution in [0.25, 0.3) is 0 Å². The predicted octanol–water partition coefficient (Wildman–Crippen LogP) is 0.823. The van der Waals surface area contributed by atoms with Crippen molar-refractivity contribution in [2.24, 2.45) is 0 Å². The van der Waals surface area contributed by atoms with Crippen LogP contribution in [0.15, 0.2) is 0 Å². The maximum absolute atomic E-state index is 10.0. The van der Waals surface area contributed by atoms with Gasteiger partial charge < -0.3 is 28.4 Å². The maximum atomic E-state index is 10.0. The molecule has 0 saturated heterocycles. The van der Waals surface area contributed by atoms with Gasteiger partial charge in [-0.1, -0.05) is 20.8 Å². The molecule has 6 nitrogen and oxygen atoms in total. The van der Waals surface area contributed by atoms with Crippen molar-refractivity contribution in [3.05, 3.63) is 0 Å². The third-order valence-electron chi connectivity index (χ3n) is 1.72. The van der Waals surface area contributed by atoms with Crippen molar-refractivity contribution in [2.45, 2.75) is 20.8 Å². The molecule has 3 unspecified atom stereocenters. The van der Waals surface area contributed by atoms with Crippen LogP contribution in [0.4, 0.5) is 0 Å². The number of hydrogen-bond acceptors (Lipinski definition) is 6. The average Bonchev–Trinajstić information content (AvgIpc) is 2.16. The first-order chi connectivity index (χ1) is 7.68. The molecule has 0 aliphatic carbocycles. The van der Waals surface area contributed by atoms with Gasteiger partial charge in [0.1, 0.15) is 0 Å². The van der Waals surface area contributed by atoms with Crippen LogP contribution in [0.3, 0.4) is 0 Å². The Balaban J connectivity index is -0.0000000865. The maximum Gasteiger partial charge on any atom is 3.00 e. The molecule has 3 atom stereocenters. The van der Waals surface area contributed by atoms with E-state index in [4.69, 9.17) is 0 Å². The summed E-state index contributed by atoms with van der Waals surface area (Å²) < 4.78 is 30.1. The summed E-state index contributed by atoms with van der Waals surface area (Å²) in [6, 6.07) is 0. The van der Waals surface area contributed by atoms with Gasteiger partial charge in [-0.05, 0) is 38.5 Å². The molecular weight excluding hydrogens is 436 g/mol. The molecule has 0 saturated carbocycles. The van der Waals surface area contributed by atoms with Crippen LogP contribution in [-0.4, -0.2) is 38.5 Å². The predicted molar refractivity (Wildman–Crippen MR) is 72.2 cm³/mol. The fourth-order valence-electron chi connectivity index (χ4n) is 0. The third-order valence-corrected chi connectivity index (χ3v) is 5.17. The van der Waals surface area contributed by atoms with Crippen LogP contribution >= 0.6 is 22.1 Å². The molecule has 0 radical (unpaired) electrons. The molecule has 0 aromatic heterocycles. The third kappa shape index (κ3) is 53.8. The number of rotatable bonds is 3. The first-order valence-electron chi connectivity index (χ1n) is 5.51. The molecule has 0 fully saturated rings. The van der Waals surface area contributed by atoms with E-state index >= 15 is 0 Å². The standard InChI is InChI=1S/3C3H9O2P.La/c3*1-3-6(2,4)5;/h3*3H2,1-2H3,(H,4,5);/q;;;+3/p-3. The quantitative estimate of drug-likeness (QED) is 0.576. The first kappa shape index (κ1) is 28.9. The molecule has 0 N–H and O–H groups in total. The van der Waals surface area contributed by atoms with Gasteiger partial charge in [0.2, 0.25) is 0 Å². The fraction of sp³-hybridized carbons (Fsp3) is 1.00. The van der Waals surface area contributed by atoms with Crippen LogP contribution in [-0.2, 0) is 13.7 Å². The van der Waals surface area contributed by atoms with Gasteiger partial charge in [-0.15, -0.1) is 0 Å². The van der Waals surface area contributed by atoms with E-state index in [1.807, 2.05) is 0 Å². The van der Waals surface area contributed by atoms with E-state index in [2.05, 4.69) is 0 Å². The van der Waals surface area contributed by atoms with E-state index < -0.39 is 22.1 Å². The summed E-state index contributed by atoms with van der Waals surface area (Å²) in [5.41, 5.74) is 0. The van der Waals surface area contributed by atoms with E-state index in [1.165, 1.54) is 20.0 Å². The summed E-state index contributed by atoms with van der Waals surface area (Å²) >= 11 is 0. The second-order valence-corrected chi connectivity index (χ2v) is 12.0. The van der Waals surface area contributed by atoms with Crippen LogP contribution in [0.1, 0.15) is 20.8 Å². The zero-order valence-electron chi connectivity index (χ0n) is 12.5. The summed E-state index contributed by atoms with van der Waals surface area (Å²) in [6.07, 6.45) is 0.812. The Hall–Kier alpha value is 1.76. The SMILES string of the molecule is CCP(C)(=O)[O-].CCP(C)(=O)[O-].CCP(C)(=O)[O-].[La+3]. The molecule has 0 aliphatic rings. The van der Waals surface area contributed by atoms with Crippen molar-refractivity contribution in [1.29, 1.82) is 0 Å². The van der Waals surface area contributed by atoms with Crippen molar-refractivity contribution >= 4 is 22.1 Å². The minimum Gasteiger partial charge on any atom is -0.799 e. The Morgan fingerprint density at radius 2 is 0.684 bits per heavy atom. The van der Waals surface area contributed by atoms with Crippen LogP contribution in [0.5, 0.6) is 0 Å². The van der Waals surface area contributed by atoms with Gasteiger partial charge in [0, 0.05) is 22.1 Å². The Morgan fingerprint density at radius 1 is 0.632 bits per heavy atom. The van der Waals surface area contributed by atoms with Gasteiger partial charge in [-0.3, -0.25) is 0 Å². The van der Waals surface area contributed by atoms with E-state index in [9.17, 15) is 28.4 Å². The van der Waals surface area contributed by atoms with Crippen LogP contribution in [0.2, 0.25) is 0 Å². The molecule has 0 rings (SSSR count). The molecular formula is C9H24LaO6P3. The molecule has 114 valence electrons. The van der Waals surface area contributed by atoms with E-state index in [0.717, 1.165) is 0 Å². The molecule has 0 spiro atoms. The topological polar surface area (TPSA) is 120 Å². The van der Waals surface area contributed by atoms with Gasteiger partial charge in [0.25, 0.3) is 0 Å². The smallest absolute Gasteiger partial charge is 0.799 e. The molecule has 0 aliphatic heterocycles. The van der Waals surface area contributed by atoms with E-state index in [1.54, 1.807) is 20.8 Å². The Morgan fingerprint density at radius 3 is 0.684 bits per heavy atom. The molecule has 0 aromatic rings. The summed E-state index contributed by atoms with van der Waals surface area (Å²) in [6.45, 7) is 8.63. The Bertz CT molecular complexity index is 277. The fourth-order valence-corrected chi connectivity index (χ4v) is 0. The second kappa shape index (κ2) is 13.4. The van der Waals surface area contributed by atoms with Crippen molar-refractivity contribution in [3.63, 3.8) is 0 Å². The van der Waals surface area contributed by atoms with Crippen LogP contribution < -0.4 is 14.7 Å². The van der Waals surface area contributed by atoms with Crippen molar-refractivity contribution in [1.82, 2.24) is 0 Å². The van der Waals surface area contributed by atoms with E-state index in [-0.39, 0.29) is 54.1 Å². The molecule has 0 heterocycles. The minimum atomic E-state index is -2.90. The molecule has 0 amide bonds. The zero-order valence-corrected chi connectivity index (χ0v) is 18.8. The second-order valence-electron chi connectivity index (χ2n) is 3.99. The normalized spacial score (nSPS) is 18.8. The van der Waals surface area contributed by atoms with Crippen LogP contribution in [0, 0.1) is 35.6 Å². The van der Waals surface area contributed by atoms with Gasteiger partial charge in [-0.2, -0.15) is 0 Å².